The summed E-state index contributed by atoms with van der Waals surface area (Å²) in [6.07, 6.45) is 2.49. The number of likely N-dealkylation sites (tertiary alicyclic amines) is 1. The predicted octanol–water partition coefficient (Wildman–Crippen LogP) is 2.77. The van der Waals surface area contributed by atoms with Crippen LogP contribution in [0.3, 0.4) is 0 Å². The van der Waals surface area contributed by atoms with Gasteiger partial charge in [-0.1, -0.05) is 60.1 Å². The minimum atomic E-state index is -0.906. The van der Waals surface area contributed by atoms with Gasteiger partial charge in [-0.2, -0.15) is 0 Å². The average Bonchev–Trinajstić information content (AvgIpc) is 2.76. The Hall–Kier alpha value is -4.03. The van der Waals surface area contributed by atoms with E-state index in [2.05, 4.69) is 29.0 Å². The number of hydrogen-bond acceptors (Lipinski definition) is 4. The fraction of sp³-hybridized carbons (Fsp3) is 0.240. The molecule has 2 aliphatic rings. The fourth-order valence-corrected chi connectivity index (χ4v) is 3.78. The van der Waals surface area contributed by atoms with E-state index in [9.17, 15) is 14.4 Å². The van der Waals surface area contributed by atoms with Gasteiger partial charge in [-0.25, -0.2) is 4.79 Å². The number of allylic oxidation sites excluding steroid dienone is 2. The summed E-state index contributed by atoms with van der Waals surface area (Å²) >= 11 is 0. The number of amides is 3. The van der Waals surface area contributed by atoms with Crippen LogP contribution in [0.1, 0.15) is 18.9 Å². The molecule has 3 amide bonds. The van der Waals surface area contributed by atoms with Gasteiger partial charge in [0.05, 0.1) is 5.92 Å². The number of rotatable bonds is 3. The summed E-state index contributed by atoms with van der Waals surface area (Å²) in [6.45, 7) is 1.53. The van der Waals surface area contributed by atoms with Crippen molar-refractivity contribution in [2.75, 3.05) is 0 Å². The molecule has 0 radical (unpaired) electrons. The zero-order valence-electron chi connectivity index (χ0n) is 16.9. The van der Waals surface area contributed by atoms with Crippen LogP contribution < -0.4 is 5.32 Å². The van der Waals surface area contributed by atoms with Gasteiger partial charge < -0.3 is 10.1 Å². The first-order chi connectivity index (χ1) is 15.0. The van der Waals surface area contributed by atoms with E-state index in [-0.39, 0.29) is 18.9 Å². The summed E-state index contributed by atoms with van der Waals surface area (Å²) in [5.74, 6) is 9.88. The van der Waals surface area contributed by atoms with E-state index in [1.807, 2.05) is 42.5 Å². The molecule has 3 atom stereocenters. The Bertz CT molecular complexity index is 1210. The molecule has 31 heavy (non-hydrogen) atoms. The molecular formula is C25H20N2O4. The third-order valence-corrected chi connectivity index (χ3v) is 5.24. The summed E-state index contributed by atoms with van der Waals surface area (Å²) in [7, 11) is 0. The average molecular weight is 412 g/mol. The van der Waals surface area contributed by atoms with Gasteiger partial charge in [0.25, 0.3) is 0 Å². The van der Waals surface area contributed by atoms with Crippen LogP contribution in [0.2, 0.25) is 0 Å². The second-order valence-corrected chi connectivity index (χ2v) is 7.32. The van der Waals surface area contributed by atoms with E-state index < -0.39 is 30.1 Å². The highest BCUT2D eigenvalue weighted by Crippen LogP contribution is 2.33. The normalized spacial score (nSPS) is 22.5. The van der Waals surface area contributed by atoms with Gasteiger partial charge in [-0.15, -0.1) is 0 Å². The van der Waals surface area contributed by atoms with Crippen molar-refractivity contribution in [2.24, 2.45) is 5.92 Å². The number of imide groups is 1. The van der Waals surface area contributed by atoms with Crippen molar-refractivity contribution in [3.8, 4) is 23.7 Å². The Balaban J connectivity index is 1.52. The topological polar surface area (TPSA) is 75.7 Å². The molecule has 0 aromatic heterocycles. The summed E-state index contributed by atoms with van der Waals surface area (Å²) in [6, 6.07) is 12.6. The third kappa shape index (κ3) is 4.29. The maximum Gasteiger partial charge on any atom is 0.324 e. The van der Waals surface area contributed by atoms with Crippen LogP contribution in [0.5, 0.6) is 0 Å². The number of hydrogen-bond donors (Lipinski definition) is 1. The molecule has 1 aliphatic heterocycles. The second-order valence-electron chi connectivity index (χ2n) is 7.32. The predicted molar refractivity (Wildman–Crippen MR) is 115 cm³/mol. The lowest BCUT2D eigenvalue weighted by Crippen LogP contribution is -2.69. The van der Waals surface area contributed by atoms with Crippen LogP contribution in [-0.4, -0.2) is 35.0 Å². The SMILES string of the molecule is CC(=O)O[C@@H]1C#C/C=C\C#CC[C@H]2C(=O)N(C(=O)NCc3ccc4ccccc4c3)[C@H]12. The molecule has 1 aliphatic carbocycles. The first kappa shape index (κ1) is 20.3. The molecule has 0 bridgehead atoms. The molecule has 0 spiro atoms. The standard InChI is InChI=1S/C25H20N2O4/c1-17(28)31-22-12-6-4-2-3-5-11-21-23(22)27(24(21)29)25(30)26-16-18-13-14-19-9-7-8-10-20(19)15-18/h2,4,7-10,13-15,21-23H,11,16H2,1H3,(H,26,30)/b4-2-/t21-,22-,23+/m1/s1. The molecule has 1 heterocycles. The van der Waals surface area contributed by atoms with Crippen LogP contribution in [0.15, 0.2) is 54.6 Å². The van der Waals surface area contributed by atoms with Crippen molar-refractivity contribution in [2.45, 2.75) is 32.0 Å². The molecule has 0 unspecified atom stereocenters. The lowest BCUT2D eigenvalue weighted by atomic mass is 9.81. The van der Waals surface area contributed by atoms with Crippen molar-refractivity contribution in [1.82, 2.24) is 10.2 Å². The number of urea groups is 1. The Morgan fingerprint density at radius 1 is 1.13 bits per heavy atom. The largest absolute Gasteiger partial charge is 0.447 e. The zero-order chi connectivity index (χ0) is 21.8. The van der Waals surface area contributed by atoms with Crippen molar-refractivity contribution < 1.29 is 19.1 Å². The number of esters is 1. The summed E-state index contributed by atoms with van der Waals surface area (Å²) < 4.78 is 5.33. The van der Waals surface area contributed by atoms with Gasteiger partial charge in [-0.3, -0.25) is 14.5 Å². The van der Waals surface area contributed by atoms with Crippen LogP contribution in [0, 0.1) is 29.6 Å². The lowest BCUT2D eigenvalue weighted by molar-refractivity contribution is -0.164. The summed E-state index contributed by atoms with van der Waals surface area (Å²) in [5, 5.41) is 4.97. The molecule has 4 rings (SSSR count). The van der Waals surface area contributed by atoms with Crippen LogP contribution in [0.4, 0.5) is 4.79 Å². The van der Waals surface area contributed by atoms with Crippen molar-refractivity contribution >= 4 is 28.7 Å². The van der Waals surface area contributed by atoms with E-state index in [0.29, 0.717) is 0 Å². The van der Waals surface area contributed by atoms with E-state index >= 15 is 0 Å². The summed E-state index contributed by atoms with van der Waals surface area (Å²) in [5.41, 5.74) is 0.912. The van der Waals surface area contributed by atoms with Gasteiger partial charge >= 0.3 is 12.0 Å². The van der Waals surface area contributed by atoms with E-state index in [1.165, 1.54) is 6.92 Å². The van der Waals surface area contributed by atoms with E-state index in [0.717, 1.165) is 21.2 Å². The Morgan fingerprint density at radius 3 is 2.71 bits per heavy atom. The van der Waals surface area contributed by atoms with Gasteiger partial charge in [0.2, 0.25) is 5.91 Å². The fourth-order valence-electron chi connectivity index (χ4n) is 3.78. The van der Waals surface area contributed by atoms with Crippen molar-refractivity contribution in [3.05, 3.63) is 60.2 Å². The van der Waals surface area contributed by atoms with Crippen LogP contribution in [-0.2, 0) is 20.9 Å². The molecule has 6 nitrogen and oxygen atoms in total. The molecule has 1 saturated heterocycles. The van der Waals surface area contributed by atoms with Gasteiger partial charge in [-0.05, 0) is 34.6 Å². The van der Waals surface area contributed by atoms with Crippen LogP contribution in [0.25, 0.3) is 10.8 Å². The summed E-state index contributed by atoms with van der Waals surface area (Å²) in [4.78, 5) is 38.2. The molecule has 2 aromatic carbocycles. The number of carbonyl (C=O) groups excluding carboxylic acids is 3. The number of nitrogens with zero attached hydrogens (tertiary/aromatic N) is 1. The molecule has 154 valence electrons. The number of benzene rings is 2. The Morgan fingerprint density at radius 2 is 1.90 bits per heavy atom. The Kier molecular flexibility index (Phi) is 5.73. The number of fused-ring (bicyclic) bond motifs is 2. The molecule has 1 fully saturated rings. The molecule has 1 N–H and O–H groups in total. The maximum absolute atomic E-state index is 12.9. The van der Waals surface area contributed by atoms with Gasteiger partial charge in [0.15, 0.2) is 6.10 Å². The number of nitrogens with one attached hydrogen (secondary N) is 1. The lowest BCUT2D eigenvalue weighted by Gasteiger charge is -2.46. The minimum absolute atomic E-state index is 0.261. The van der Waals surface area contributed by atoms with Gasteiger partial charge in [0.1, 0.15) is 6.04 Å². The highest BCUT2D eigenvalue weighted by molar-refractivity contribution is 6.02. The monoisotopic (exact) mass is 412 g/mol. The second kappa shape index (κ2) is 8.77. The Labute approximate surface area is 180 Å². The number of carbonyl (C=O) groups is 3. The number of ether oxygens (including phenoxy) is 1. The maximum atomic E-state index is 12.9. The quantitative estimate of drug-likeness (QED) is 0.478. The molecular weight excluding hydrogens is 392 g/mol. The molecule has 2 aromatic rings. The highest BCUT2D eigenvalue weighted by atomic mass is 16.5. The van der Waals surface area contributed by atoms with Crippen molar-refractivity contribution in [1.29, 1.82) is 0 Å². The molecule has 0 saturated carbocycles. The zero-order valence-corrected chi connectivity index (χ0v) is 16.9. The third-order valence-electron chi connectivity index (χ3n) is 5.24. The molecule has 6 heteroatoms. The van der Waals surface area contributed by atoms with E-state index in [4.69, 9.17) is 4.74 Å². The highest BCUT2D eigenvalue weighted by Gasteiger charge is 2.54. The van der Waals surface area contributed by atoms with E-state index in [1.54, 1.807) is 12.2 Å². The minimum Gasteiger partial charge on any atom is -0.447 e. The number of β-lactam (4-membered cyclic amide) rings is 1. The smallest absolute Gasteiger partial charge is 0.324 e. The van der Waals surface area contributed by atoms with Crippen molar-refractivity contribution in [3.63, 3.8) is 0 Å². The first-order valence-electron chi connectivity index (χ1n) is 9.95. The van der Waals surface area contributed by atoms with Crippen LogP contribution >= 0.6 is 0 Å². The van der Waals surface area contributed by atoms with Gasteiger partial charge in [0, 0.05) is 19.9 Å². The first-order valence-corrected chi connectivity index (χ1v) is 9.95.